The Labute approximate surface area is 158 Å². The van der Waals surface area contributed by atoms with Crippen LogP contribution in [0.2, 0.25) is 0 Å². The van der Waals surface area contributed by atoms with Crippen LogP contribution in [0.3, 0.4) is 0 Å². The molecule has 2 aromatic carbocycles. The molecule has 6 heteroatoms. The van der Waals surface area contributed by atoms with Crippen molar-refractivity contribution in [1.82, 2.24) is 4.90 Å². The molecule has 2 aromatic rings. The fourth-order valence-corrected chi connectivity index (χ4v) is 3.32. The smallest absolute Gasteiger partial charge is 0.410 e. The highest BCUT2D eigenvalue weighted by Gasteiger charge is 2.39. The molecule has 0 spiro atoms. The van der Waals surface area contributed by atoms with Crippen LogP contribution in [0.4, 0.5) is 9.18 Å². The lowest BCUT2D eigenvalue weighted by Crippen LogP contribution is -2.56. The van der Waals surface area contributed by atoms with Crippen molar-refractivity contribution in [2.24, 2.45) is 5.73 Å². The number of nitrogens with two attached hydrogens (primary N) is 1. The number of aliphatic hydroxyl groups is 1. The number of amides is 1. The van der Waals surface area contributed by atoms with Crippen molar-refractivity contribution in [3.63, 3.8) is 0 Å². The zero-order chi connectivity index (χ0) is 19.3. The Kier molecular flexibility index (Phi) is 6.08. The number of rotatable bonds is 5. The highest BCUT2D eigenvalue weighted by Crippen LogP contribution is 2.27. The third kappa shape index (κ3) is 5.05. The Hall–Kier alpha value is -2.44. The van der Waals surface area contributed by atoms with Gasteiger partial charge in [-0.15, -0.1) is 0 Å². The van der Waals surface area contributed by atoms with Gasteiger partial charge in [0.2, 0.25) is 0 Å². The summed E-state index contributed by atoms with van der Waals surface area (Å²) in [5.74, 6) is -0.298. The average Bonchev–Trinajstić information content (AvgIpc) is 2.69. The maximum absolute atomic E-state index is 13.0. The summed E-state index contributed by atoms with van der Waals surface area (Å²) in [4.78, 5) is 13.8. The standard InChI is InChI=1S/C21H25FN2O3/c22-18-8-6-16(7-9-18)14-19(23)21(26)10-12-24(13-11-21)20(25)27-15-17-4-2-1-3-5-17/h1-9,19,26H,10-15,23H2. The first-order chi connectivity index (χ1) is 13.0. The van der Waals surface area contributed by atoms with Crippen molar-refractivity contribution in [2.45, 2.75) is 37.5 Å². The normalized spacial score (nSPS) is 17.4. The van der Waals surface area contributed by atoms with E-state index in [1.165, 1.54) is 12.1 Å². The molecule has 0 saturated carbocycles. The minimum Gasteiger partial charge on any atom is -0.445 e. The van der Waals surface area contributed by atoms with Gasteiger partial charge in [-0.05, 0) is 42.5 Å². The van der Waals surface area contributed by atoms with Gasteiger partial charge in [-0.2, -0.15) is 0 Å². The van der Waals surface area contributed by atoms with Crippen LogP contribution < -0.4 is 5.73 Å². The summed E-state index contributed by atoms with van der Waals surface area (Å²) in [6.07, 6.45) is 0.842. The number of nitrogens with zero attached hydrogens (tertiary/aromatic N) is 1. The van der Waals surface area contributed by atoms with E-state index in [9.17, 15) is 14.3 Å². The molecule has 3 N–H and O–H groups in total. The number of halogens is 1. The Morgan fingerprint density at radius 1 is 1.11 bits per heavy atom. The summed E-state index contributed by atoms with van der Waals surface area (Å²) in [5.41, 5.74) is 6.99. The molecule has 0 radical (unpaired) electrons. The molecule has 1 unspecified atom stereocenters. The van der Waals surface area contributed by atoms with Gasteiger partial charge in [-0.3, -0.25) is 0 Å². The summed E-state index contributed by atoms with van der Waals surface area (Å²) in [6, 6.07) is 15.1. The molecule has 5 nitrogen and oxygen atoms in total. The second-order valence-corrected chi connectivity index (χ2v) is 7.07. The predicted molar refractivity (Wildman–Crippen MR) is 100 cm³/mol. The van der Waals surface area contributed by atoms with E-state index >= 15 is 0 Å². The first-order valence-corrected chi connectivity index (χ1v) is 9.14. The molecular weight excluding hydrogens is 347 g/mol. The average molecular weight is 372 g/mol. The maximum Gasteiger partial charge on any atom is 0.410 e. The number of carbonyl (C=O) groups excluding carboxylic acids is 1. The summed E-state index contributed by atoms with van der Waals surface area (Å²) in [5, 5.41) is 10.9. The Morgan fingerprint density at radius 3 is 2.37 bits per heavy atom. The number of piperidine rings is 1. The molecule has 0 aromatic heterocycles. The van der Waals surface area contributed by atoms with Crippen LogP contribution in [0.25, 0.3) is 0 Å². The number of ether oxygens (including phenoxy) is 1. The minimum atomic E-state index is -1.05. The first kappa shape index (κ1) is 19.3. The van der Waals surface area contributed by atoms with Gasteiger partial charge in [0.1, 0.15) is 12.4 Å². The van der Waals surface area contributed by atoms with Crippen LogP contribution in [0, 0.1) is 5.82 Å². The number of carbonyl (C=O) groups is 1. The predicted octanol–water partition coefficient (Wildman–Crippen LogP) is 2.86. The fourth-order valence-electron chi connectivity index (χ4n) is 3.32. The van der Waals surface area contributed by atoms with E-state index in [1.807, 2.05) is 30.3 Å². The lowest BCUT2D eigenvalue weighted by atomic mass is 9.82. The zero-order valence-electron chi connectivity index (χ0n) is 15.2. The molecule has 27 heavy (non-hydrogen) atoms. The molecular formula is C21H25FN2O3. The van der Waals surface area contributed by atoms with Crippen molar-refractivity contribution < 1.29 is 19.0 Å². The summed E-state index contributed by atoms with van der Waals surface area (Å²) in [7, 11) is 0. The quantitative estimate of drug-likeness (QED) is 0.846. The molecule has 1 saturated heterocycles. The van der Waals surface area contributed by atoms with Crippen LogP contribution >= 0.6 is 0 Å². The topological polar surface area (TPSA) is 75.8 Å². The highest BCUT2D eigenvalue weighted by atomic mass is 19.1. The molecule has 1 amide bonds. The lowest BCUT2D eigenvalue weighted by molar-refractivity contribution is -0.0395. The number of likely N-dealkylation sites (tertiary alicyclic amines) is 1. The van der Waals surface area contributed by atoms with Crippen LogP contribution in [-0.4, -0.2) is 40.8 Å². The lowest BCUT2D eigenvalue weighted by Gasteiger charge is -2.41. The van der Waals surface area contributed by atoms with Crippen molar-refractivity contribution in [3.8, 4) is 0 Å². The van der Waals surface area contributed by atoms with Crippen LogP contribution in [0.5, 0.6) is 0 Å². The first-order valence-electron chi connectivity index (χ1n) is 9.14. The number of hydrogen-bond acceptors (Lipinski definition) is 4. The third-order valence-corrected chi connectivity index (χ3v) is 5.15. The monoisotopic (exact) mass is 372 g/mol. The molecule has 1 aliphatic heterocycles. The van der Waals surface area contributed by atoms with Gasteiger partial charge in [0, 0.05) is 19.1 Å². The summed E-state index contributed by atoms with van der Waals surface area (Å²) >= 11 is 0. The molecule has 3 rings (SSSR count). The van der Waals surface area contributed by atoms with Gasteiger partial charge in [-0.1, -0.05) is 42.5 Å². The molecule has 144 valence electrons. The molecule has 1 aliphatic rings. The van der Waals surface area contributed by atoms with Gasteiger partial charge in [0.25, 0.3) is 0 Å². The molecule has 0 bridgehead atoms. The van der Waals surface area contributed by atoms with E-state index in [0.717, 1.165) is 11.1 Å². The van der Waals surface area contributed by atoms with Gasteiger partial charge in [-0.25, -0.2) is 9.18 Å². The number of hydrogen-bond donors (Lipinski definition) is 2. The van der Waals surface area contributed by atoms with E-state index in [-0.39, 0.29) is 18.5 Å². The van der Waals surface area contributed by atoms with E-state index in [0.29, 0.717) is 32.4 Å². The van der Waals surface area contributed by atoms with Gasteiger partial charge in [0.05, 0.1) is 5.60 Å². The van der Waals surface area contributed by atoms with Gasteiger partial charge >= 0.3 is 6.09 Å². The molecule has 1 fully saturated rings. The van der Waals surface area contributed by atoms with Gasteiger partial charge < -0.3 is 20.5 Å². The largest absolute Gasteiger partial charge is 0.445 e. The SMILES string of the molecule is NC(Cc1ccc(F)cc1)C1(O)CCN(C(=O)OCc2ccccc2)CC1. The Balaban J connectivity index is 1.49. The van der Waals surface area contributed by atoms with E-state index in [1.54, 1.807) is 17.0 Å². The molecule has 0 aliphatic carbocycles. The van der Waals surface area contributed by atoms with Crippen LogP contribution in [-0.2, 0) is 17.8 Å². The van der Waals surface area contributed by atoms with E-state index < -0.39 is 11.6 Å². The number of benzene rings is 2. The zero-order valence-corrected chi connectivity index (χ0v) is 15.2. The fraction of sp³-hybridized carbons (Fsp3) is 0.381. The molecule has 1 atom stereocenters. The van der Waals surface area contributed by atoms with Gasteiger partial charge in [0.15, 0.2) is 0 Å². The van der Waals surface area contributed by atoms with E-state index in [4.69, 9.17) is 10.5 Å². The van der Waals surface area contributed by atoms with Crippen molar-refractivity contribution in [3.05, 3.63) is 71.5 Å². The highest BCUT2D eigenvalue weighted by molar-refractivity contribution is 5.67. The second-order valence-electron chi connectivity index (χ2n) is 7.07. The minimum absolute atomic E-state index is 0.227. The maximum atomic E-state index is 13.0. The molecule has 1 heterocycles. The van der Waals surface area contributed by atoms with Crippen molar-refractivity contribution in [2.75, 3.05) is 13.1 Å². The third-order valence-electron chi connectivity index (χ3n) is 5.15. The van der Waals surface area contributed by atoms with Crippen LogP contribution in [0.1, 0.15) is 24.0 Å². The van der Waals surface area contributed by atoms with Crippen molar-refractivity contribution in [1.29, 1.82) is 0 Å². The van der Waals surface area contributed by atoms with Crippen LogP contribution in [0.15, 0.2) is 54.6 Å². The summed E-state index contributed by atoms with van der Waals surface area (Å²) in [6.45, 7) is 1.01. The van der Waals surface area contributed by atoms with Crippen molar-refractivity contribution >= 4 is 6.09 Å². The Bertz CT molecular complexity index is 744. The summed E-state index contributed by atoms with van der Waals surface area (Å²) < 4.78 is 18.4. The second kappa shape index (κ2) is 8.50. The Morgan fingerprint density at radius 2 is 1.74 bits per heavy atom. The van der Waals surface area contributed by atoms with E-state index in [2.05, 4.69) is 0 Å².